The molecule has 0 aromatic heterocycles. The van der Waals surface area contributed by atoms with Crippen LogP contribution in [0.25, 0.3) is 10.8 Å². The first-order valence-electron chi connectivity index (χ1n) is 5.28. The monoisotopic (exact) mass is 248 g/mol. The molecule has 1 aliphatic heterocycles. The lowest BCUT2D eigenvalue weighted by molar-refractivity contribution is 0.592. The molecule has 0 aliphatic carbocycles. The van der Waals surface area contributed by atoms with E-state index in [9.17, 15) is 8.42 Å². The van der Waals surface area contributed by atoms with E-state index in [1.54, 1.807) is 14.1 Å². The van der Waals surface area contributed by atoms with Crippen LogP contribution >= 0.6 is 0 Å². The molecule has 2 aromatic rings. The van der Waals surface area contributed by atoms with Crippen LogP contribution in [0.5, 0.6) is 0 Å². The Kier molecular flexibility index (Phi) is 1.92. The predicted octanol–water partition coefficient (Wildman–Crippen LogP) is 1.97. The predicted molar refractivity (Wildman–Crippen MR) is 69.7 cm³/mol. The molecule has 0 unspecified atom stereocenters. The van der Waals surface area contributed by atoms with Gasteiger partial charge in [-0.25, -0.2) is 0 Å². The van der Waals surface area contributed by atoms with Crippen molar-refractivity contribution < 1.29 is 8.42 Å². The maximum Gasteiger partial charge on any atom is 0.325 e. The van der Waals surface area contributed by atoms with Crippen LogP contribution in [-0.2, 0) is 10.2 Å². The van der Waals surface area contributed by atoms with Gasteiger partial charge in [0.25, 0.3) is 0 Å². The smallest absolute Gasteiger partial charge is 0.256 e. The SMILES string of the molecule is CN1c2cccc3cccc(c23)N(C)S1(=O)=O. The van der Waals surface area contributed by atoms with E-state index in [-0.39, 0.29) is 0 Å². The van der Waals surface area contributed by atoms with Crippen LogP contribution in [0.1, 0.15) is 0 Å². The molecule has 0 saturated heterocycles. The van der Waals surface area contributed by atoms with Crippen LogP contribution in [0.15, 0.2) is 36.4 Å². The van der Waals surface area contributed by atoms with Crippen LogP contribution < -0.4 is 8.61 Å². The number of nitrogens with zero attached hydrogens (tertiary/aromatic N) is 2. The van der Waals surface area contributed by atoms with Gasteiger partial charge in [0.05, 0.1) is 11.4 Å². The van der Waals surface area contributed by atoms with Gasteiger partial charge in [0, 0.05) is 19.5 Å². The summed E-state index contributed by atoms with van der Waals surface area (Å²) in [5.41, 5.74) is 1.47. The molecule has 17 heavy (non-hydrogen) atoms. The van der Waals surface area contributed by atoms with Gasteiger partial charge in [0.2, 0.25) is 0 Å². The number of benzene rings is 2. The van der Waals surface area contributed by atoms with Crippen LogP contribution in [0, 0.1) is 0 Å². The second-order valence-corrected chi connectivity index (χ2v) is 6.09. The molecular formula is C12H12N2O2S. The average molecular weight is 248 g/mol. The van der Waals surface area contributed by atoms with Crippen molar-refractivity contribution in [1.82, 2.24) is 0 Å². The standard InChI is InChI=1S/C12H12N2O2S/c1-13-10-7-3-5-9-6-4-8-11(12(9)10)14(2)17(13,15)16/h3-8H,1-2H3. The first-order valence-corrected chi connectivity index (χ1v) is 6.68. The van der Waals surface area contributed by atoms with Crippen LogP contribution in [0.2, 0.25) is 0 Å². The number of hydrogen-bond donors (Lipinski definition) is 0. The third-order valence-electron chi connectivity index (χ3n) is 3.23. The minimum Gasteiger partial charge on any atom is -0.256 e. The summed E-state index contributed by atoms with van der Waals surface area (Å²) in [6.07, 6.45) is 0. The second-order valence-electron chi connectivity index (χ2n) is 4.10. The van der Waals surface area contributed by atoms with E-state index >= 15 is 0 Å². The van der Waals surface area contributed by atoms with Gasteiger partial charge >= 0.3 is 10.2 Å². The Morgan fingerprint density at radius 3 is 1.82 bits per heavy atom. The maximum atomic E-state index is 12.2. The second kappa shape index (κ2) is 3.13. The molecule has 2 aromatic carbocycles. The van der Waals surface area contributed by atoms with E-state index in [4.69, 9.17) is 0 Å². The quantitative estimate of drug-likeness (QED) is 0.715. The molecule has 0 radical (unpaired) electrons. The van der Waals surface area contributed by atoms with Gasteiger partial charge in [-0.3, -0.25) is 8.61 Å². The summed E-state index contributed by atoms with van der Waals surface area (Å²) in [6.45, 7) is 0. The zero-order valence-electron chi connectivity index (χ0n) is 9.58. The fourth-order valence-corrected chi connectivity index (χ4v) is 3.43. The molecule has 0 fully saturated rings. The molecule has 3 rings (SSSR count). The van der Waals surface area contributed by atoms with Crippen molar-refractivity contribution in [3.05, 3.63) is 36.4 Å². The minimum absolute atomic E-state index is 0.733. The summed E-state index contributed by atoms with van der Waals surface area (Å²) in [5.74, 6) is 0. The lowest BCUT2D eigenvalue weighted by atomic mass is 10.1. The van der Waals surface area contributed by atoms with Crippen molar-refractivity contribution >= 4 is 32.4 Å². The number of anilines is 2. The Balaban J connectivity index is 2.52. The van der Waals surface area contributed by atoms with Crippen molar-refractivity contribution in [2.45, 2.75) is 0 Å². The van der Waals surface area contributed by atoms with E-state index in [0.717, 1.165) is 22.1 Å². The van der Waals surface area contributed by atoms with Gasteiger partial charge in [-0.1, -0.05) is 24.3 Å². The Bertz CT molecular complexity index is 659. The van der Waals surface area contributed by atoms with E-state index in [1.807, 2.05) is 36.4 Å². The van der Waals surface area contributed by atoms with Gasteiger partial charge in [-0.15, -0.1) is 0 Å². The molecule has 0 amide bonds. The van der Waals surface area contributed by atoms with Gasteiger partial charge < -0.3 is 0 Å². The van der Waals surface area contributed by atoms with E-state index in [0.29, 0.717) is 0 Å². The van der Waals surface area contributed by atoms with Crippen molar-refractivity contribution in [2.24, 2.45) is 0 Å². The minimum atomic E-state index is -3.43. The Morgan fingerprint density at radius 1 is 0.882 bits per heavy atom. The normalized spacial score (nSPS) is 17.5. The average Bonchev–Trinajstić information content (AvgIpc) is 2.34. The topological polar surface area (TPSA) is 40.6 Å². The maximum absolute atomic E-state index is 12.2. The Labute approximate surface area is 100 Å². The van der Waals surface area contributed by atoms with Gasteiger partial charge in [0.1, 0.15) is 0 Å². The molecule has 0 bridgehead atoms. The van der Waals surface area contributed by atoms with Gasteiger partial charge in [0.15, 0.2) is 0 Å². The summed E-state index contributed by atoms with van der Waals surface area (Å²) < 4.78 is 27.0. The third kappa shape index (κ3) is 1.20. The molecule has 0 N–H and O–H groups in total. The number of hydrogen-bond acceptors (Lipinski definition) is 2. The molecule has 5 heteroatoms. The van der Waals surface area contributed by atoms with Crippen molar-refractivity contribution in [3.63, 3.8) is 0 Å². The van der Waals surface area contributed by atoms with E-state index < -0.39 is 10.2 Å². The molecule has 88 valence electrons. The lowest BCUT2D eigenvalue weighted by Crippen LogP contribution is -2.42. The molecule has 1 heterocycles. The summed E-state index contributed by atoms with van der Waals surface area (Å²) in [7, 11) is -0.273. The molecule has 0 atom stereocenters. The largest absolute Gasteiger partial charge is 0.325 e. The fraction of sp³-hybridized carbons (Fsp3) is 0.167. The summed E-state index contributed by atoms with van der Waals surface area (Å²) in [6, 6.07) is 11.4. The number of rotatable bonds is 0. The first-order chi connectivity index (χ1) is 8.03. The van der Waals surface area contributed by atoms with Gasteiger partial charge in [-0.05, 0) is 17.5 Å². The van der Waals surface area contributed by atoms with Crippen molar-refractivity contribution in [3.8, 4) is 0 Å². The van der Waals surface area contributed by atoms with E-state index in [1.165, 1.54) is 8.61 Å². The Hall–Kier alpha value is -1.75. The van der Waals surface area contributed by atoms with Crippen LogP contribution in [0.4, 0.5) is 11.4 Å². The molecular weight excluding hydrogens is 236 g/mol. The Morgan fingerprint density at radius 2 is 1.35 bits per heavy atom. The molecule has 0 saturated carbocycles. The third-order valence-corrected chi connectivity index (χ3v) is 5.01. The van der Waals surface area contributed by atoms with Crippen LogP contribution in [-0.4, -0.2) is 22.5 Å². The highest BCUT2D eigenvalue weighted by Gasteiger charge is 2.32. The summed E-state index contributed by atoms with van der Waals surface area (Å²) in [4.78, 5) is 0. The fourth-order valence-electron chi connectivity index (χ4n) is 2.26. The zero-order chi connectivity index (χ0) is 12.2. The zero-order valence-corrected chi connectivity index (χ0v) is 10.4. The van der Waals surface area contributed by atoms with Crippen molar-refractivity contribution in [2.75, 3.05) is 22.7 Å². The highest BCUT2D eigenvalue weighted by molar-refractivity contribution is 7.94. The summed E-state index contributed by atoms with van der Waals surface area (Å²) in [5, 5.41) is 2.03. The molecule has 0 spiro atoms. The van der Waals surface area contributed by atoms with Crippen molar-refractivity contribution in [1.29, 1.82) is 0 Å². The van der Waals surface area contributed by atoms with E-state index in [2.05, 4.69) is 0 Å². The molecule has 1 aliphatic rings. The van der Waals surface area contributed by atoms with Gasteiger partial charge in [-0.2, -0.15) is 8.42 Å². The highest BCUT2D eigenvalue weighted by atomic mass is 32.2. The molecule has 4 nitrogen and oxygen atoms in total. The lowest BCUT2D eigenvalue weighted by Gasteiger charge is -2.34. The first kappa shape index (κ1) is 10.4. The highest BCUT2D eigenvalue weighted by Crippen LogP contribution is 2.40. The van der Waals surface area contributed by atoms with Crippen LogP contribution in [0.3, 0.4) is 0 Å². The summed E-state index contributed by atoms with van der Waals surface area (Å²) >= 11 is 0.